The molecule has 0 bridgehead atoms. The maximum atomic E-state index is 11.5. The molecule has 0 atom stereocenters. The first-order valence-corrected chi connectivity index (χ1v) is 6.11. The van der Waals surface area contributed by atoms with Gasteiger partial charge in [0.15, 0.2) is 0 Å². The molecule has 0 saturated heterocycles. The minimum Gasteiger partial charge on any atom is -0.343 e. The van der Waals surface area contributed by atoms with E-state index < -0.39 is 0 Å². The van der Waals surface area contributed by atoms with Crippen LogP contribution in [0.2, 0.25) is 0 Å². The number of carbonyl (C=O) groups excluding carboxylic acids is 1. The molecule has 0 N–H and O–H groups in total. The van der Waals surface area contributed by atoms with Gasteiger partial charge in [-0.2, -0.15) is 0 Å². The SMILES string of the molecule is C=C1C=CC(=O)N1CCCCn1c(=C)ccc1=C. The maximum Gasteiger partial charge on any atom is 0.251 e. The molecule has 0 saturated carbocycles. The Kier molecular flexibility index (Phi) is 3.51. The summed E-state index contributed by atoms with van der Waals surface area (Å²) < 4.78 is 2.10. The van der Waals surface area contributed by atoms with Gasteiger partial charge < -0.3 is 9.47 Å². The lowest BCUT2D eigenvalue weighted by Crippen LogP contribution is -2.27. The number of amides is 1. The zero-order valence-corrected chi connectivity index (χ0v) is 10.6. The normalized spacial score (nSPS) is 14.8. The van der Waals surface area contributed by atoms with Crippen LogP contribution in [0.5, 0.6) is 0 Å². The summed E-state index contributed by atoms with van der Waals surface area (Å²) in [5.74, 6) is 0.0386. The number of allylic oxidation sites excluding steroid dienone is 1. The predicted molar refractivity (Wildman–Crippen MR) is 74.0 cm³/mol. The smallest absolute Gasteiger partial charge is 0.251 e. The summed E-state index contributed by atoms with van der Waals surface area (Å²) in [6.07, 6.45) is 5.27. The maximum absolute atomic E-state index is 11.5. The Morgan fingerprint density at radius 2 is 1.56 bits per heavy atom. The molecule has 94 valence electrons. The van der Waals surface area contributed by atoms with Crippen LogP contribution in [-0.2, 0) is 11.3 Å². The monoisotopic (exact) mass is 242 g/mol. The fraction of sp³-hybridized carbons (Fsp3) is 0.267. The first kappa shape index (κ1) is 12.4. The van der Waals surface area contributed by atoms with Crippen molar-refractivity contribution in [3.05, 3.63) is 47.3 Å². The molecular formula is C15H18N2O. The first-order chi connectivity index (χ1) is 8.59. The van der Waals surface area contributed by atoms with E-state index in [2.05, 4.69) is 24.3 Å². The summed E-state index contributed by atoms with van der Waals surface area (Å²) in [5, 5.41) is 1.98. The van der Waals surface area contributed by atoms with Crippen LogP contribution in [0, 0.1) is 0 Å². The van der Waals surface area contributed by atoms with Crippen LogP contribution in [0.3, 0.4) is 0 Å². The third kappa shape index (κ3) is 2.45. The number of hydrogen-bond donors (Lipinski definition) is 0. The molecular weight excluding hydrogens is 224 g/mol. The largest absolute Gasteiger partial charge is 0.343 e. The lowest BCUT2D eigenvalue weighted by molar-refractivity contribution is -0.123. The molecule has 1 amide bonds. The zero-order chi connectivity index (χ0) is 13.1. The van der Waals surface area contributed by atoms with Crippen molar-refractivity contribution in [3.8, 4) is 0 Å². The summed E-state index contributed by atoms with van der Waals surface area (Å²) in [6, 6.07) is 3.94. The van der Waals surface area contributed by atoms with Gasteiger partial charge >= 0.3 is 0 Å². The summed E-state index contributed by atoms with van der Waals surface area (Å²) in [4.78, 5) is 13.2. The van der Waals surface area contributed by atoms with Gasteiger partial charge in [-0.1, -0.05) is 19.7 Å². The molecule has 1 aliphatic heterocycles. The Labute approximate surface area is 107 Å². The van der Waals surface area contributed by atoms with Crippen LogP contribution in [-0.4, -0.2) is 21.9 Å². The first-order valence-electron chi connectivity index (χ1n) is 6.11. The number of hydrogen-bond acceptors (Lipinski definition) is 1. The van der Waals surface area contributed by atoms with Gasteiger partial charge in [-0.05, 0) is 31.1 Å². The molecule has 1 aromatic heterocycles. The van der Waals surface area contributed by atoms with E-state index in [1.165, 1.54) is 0 Å². The molecule has 0 unspecified atom stereocenters. The average Bonchev–Trinajstić information content (AvgIpc) is 2.82. The minimum atomic E-state index is 0.0386. The standard InChI is InChI=1S/C15H18N2O/c1-12-6-7-13(2)16(12)10-4-5-11-17-14(3)8-9-15(17)18/h6-9H,1-5,10-11H2. The van der Waals surface area contributed by atoms with Crippen molar-refractivity contribution in [2.75, 3.05) is 6.54 Å². The third-order valence-electron chi connectivity index (χ3n) is 3.21. The van der Waals surface area contributed by atoms with Crippen LogP contribution >= 0.6 is 0 Å². The fourth-order valence-corrected chi connectivity index (χ4v) is 2.13. The Balaban J connectivity index is 1.81. The van der Waals surface area contributed by atoms with Crippen molar-refractivity contribution >= 4 is 19.1 Å². The van der Waals surface area contributed by atoms with Crippen molar-refractivity contribution in [1.29, 1.82) is 0 Å². The molecule has 0 radical (unpaired) electrons. The molecule has 2 rings (SSSR count). The quantitative estimate of drug-likeness (QED) is 0.707. The molecule has 0 aliphatic carbocycles. The molecule has 2 heterocycles. The van der Waals surface area contributed by atoms with E-state index in [1.807, 2.05) is 12.1 Å². The molecule has 3 nitrogen and oxygen atoms in total. The van der Waals surface area contributed by atoms with Crippen molar-refractivity contribution in [1.82, 2.24) is 9.47 Å². The van der Waals surface area contributed by atoms with Crippen molar-refractivity contribution in [3.63, 3.8) is 0 Å². The number of rotatable bonds is 5. The van der Waals surface area contributed by atoms with Gasteiger partial charge in [0.25, 0.3) is 5.91 Å². The molecule has 1 aliphatic rings. The van der Waals surface area contributed by atoms with Gasteiger partial charge in [0, 0.05) is 35.6 Å². The van der Waals surface area contributed by atoms with Crippen LogP contribution in [0.1, 0.15) is 12.8 Å². The van der Waals surface area contributed by atoms with Gasteiger partial charge in [0.05, 0.1) is 0 Å². The van der Waals surface area contributed by atoms with E-state index >= 15 is 0 Å². The highest BCUT2D eigenvalue weighted by Gasteiger charge is 2.17. The van der Waals surface area contributed by atoms with E-state index in [9.17, 15) is 4.79 Å². The van der Waals surface area contributed by atoms with E-state index in [1.54, 1.807) is 17.1 Å². The zero-order valence-electron chi connectivity index (χ0n) is 10.6. The summed E-state index contributed by atoms with van der Waals surface area (Å²) in [7, 11) is 0. The van der Waals surface area contributed by atoms with Crippen LogP contribution in [0.4, 0.5) is 0 Å². The molecule has 0 fully saturated rings. The van der Waals surface area contributed by atoms with Crippen molar-refractivity contribution in [2.24, 2.45) is 0 Å². The molecule has 0 aromatic carbocycles. The Hall–Kier alpha value is -2.03. The number of aromatic nitrogens is 1. The molecule has 18 heavy (non-hydrogen) atoms. The second-order valence-corrected chi connectivity index (χ2v) is 4.49. The van der Waals surface area contributed by atoms with E-state index in [0.29, 0.717) is 0 Å². The third-order valence-corrected chi connectivity index (χ3v) is 3.21. The van der Waals surface area contributed by atoms with E-state index in [-0.39, 0.29) is 5.91 Å². The van der Waals surface area contributed by atoms with Gasteiger partial charge in [-0.15, -0.1) is 0 Å². The van der Waals surface area contributed by atoms with Crippen molar-refractivity contribution in [2.45, 2.75) is 19.4 Å². The van der Waals surface area contributed by atoms with Gasteiger partial charge in [0.2, 0.25) is 0 Å². The average molecular weight is 242 g/mol. The van der Waals surface area contributed by atoms with Crippen molar-refractivity contribution < 1.29 is 4.79 Å². The highest BCUT2D eigenvalue weighted by molar-refractivity contribution is 5.92. The summed E-state index contributed by atoms with van der Waals surface area (Å²) in [6.45, 7) is 13.4. The molecule has 3 heteroatoms. The molecule has 0 spiro atoms. The van der Waals surface area contributed by atoms with Gasteiger partial charge in [-0.25, -0.2) is 0 Å². The second kappa shape index (κ2) is 5.08. The fourth-order valence-electron chi connectivity index (χ4n) is 2.13. The number of unbranched alkanes of at least 4 members (excludes halogenated alkanes) is 1. The number of carbonyl (C=O) groups is 1. The Morgan fingerprint density at radius 3 is 2.11 bits per heavy atom. The van der Waals surface area contributed by atoms with Crippen LogP contribution < -0.4 is 10.7 Å². The summed E-state index contributed by atoms with van der Waals surface area (Å²) >= 11 is 0. The van der Waals surface area contributed by atoms with E-state index in [0.717, 1.165) is 42.3 Å². The summed E-state index contributed by atoms with van der Waals surface area (Å²) in [5.41, 5.74) is 0.789. The lowest BCUT2D eigenvalue weighted by Gasteiger charge is -2.17. The minimum absolute atomic E-state index is 0.0386. The highest BCUT2D eigenvalue weighted by atomic mass is 16.2. The van der Waals surface area contributed by atoms with Crippen LogP contribution in [0.25, 0.3) is 13.2 Å². The lowest BCUT2D eigenvalue weighted by atomic mass is 10.3. The highest BCUT2D eigenvalue weighted by Crippen LogP contribution is 2.13. The number of nitrogens with zero attached hydrogens (tertiary/aromatic N) is 2. The van der Waals surface area contributed by atoms with Gasteiger partial charge in [-0.3, -0.25) is 4.79 Å². The van der Waals surface area contributed by atoms with Gasteiger partial charge in [0.1, 0.15) is 0 Å². The second-order valence-electron chi connectivity index (χ2n) is 4.49. The topological polar surface area (TPSA) is 25.2 Å². The Bertz CT molecular complexity index is 549. The van der Waals surface area contributed by atoms with Crippen LogP contribution in [0.15, 0.2) is 36.6 Å². The Morgan fingerprint density at radius 1 is 0.944 bits per heavy atom. The van der Waals surface area contributed by atoms with E-state index in [4.69, 9.17) is 0 Å². The molecule has 1 aromatic rings. The predicted octanol–water partition coefficient (Wildman–Crippen LogP) is 1.00.